The van der Waals surface area contributed by atoms with Crippen molar-refractivity contribution in [2.24, 2.45) is 17.8 Å². The summed E-state index contributed by atoms with van der Waals surface area (Å²) in [6.45, 7) is 32.3. The maximum absolute atomic E-state index is 11.8. The first-order valence-electron chi connectivity index (χ1n) is 19.2. The number of rotatable bonds is 19. The third-order valence-electron chi connectivity index (χ3n) is 9.32. The summed E-state index contributed by atoms with van der Waals surface area (Å²) in [5.41, 5.74) is 2.19. The van der Waals surface area contributed by atoms with Crippen molar-refractivity contribution >= 4 is 5.97 Å². The van der Waals surface area contributed by atoms with Crippen LogP contribution in [0.4, 0.5) is 0 Å². The lowest BCUT2D eigenvalue weighted by Gasteiger charge is -2.38. The Hall–Kier alpha value is -1.75. The molecule has 0 bridgehead atoms. The van der Waals surface area contributed by atoms with E-state index in [1.165, 1.54) is 64.0 Å². The zero-order valence-corrected chi connectivity index (χ0v) is 34.0. The fraction of sp³-hybridized carbons (Fsp3) is 0.833. The zero-order valence-electron chi connectivity index (χ0n) is 34.0. The molecule has 0 aromatic heterocycles. The van der Waals surface area contributed by atoms with Crippen LogP contribution in [0.2, 0.25) is 0 Å². The Morgan fingerprint density at radius 1 is 0.872 bits per heavy atom. The Morgan fingerprint density at radius 2 is 1.40 bits per heavy atom. The minimum Gasteiger partial charge on any atom is -0.487 e. The zero-order chi connectivity index (χ0) is 36.4. The Kier molecular flexibility index (Phi) is 21.2. The molecule has 2 rings (SSSR count). The molecule has 0 N–H and O–H groups in total. The van der Waals surface area contributed by atoms with Crippen molar-refractivity contribution in [3.8, 4) is 11.5 Å². The third-order valence-corrected chi connectivity index (χ3v) is 9.32. The fourth-order valence-corrected chi connectivity index (χ4v) is 6.36. The van der Waals surface area contributed by atoms with Crippen LogP contribution < -0.4 is 9.47 Å². The number of carbonyl (C=O) groups excluding carboxylic acids is 1. The second-order valence-electron chi connectivity index (χ2n) is 15.7. The molecule has 0 spiro atoms. The molecule has 1 aliphatic heterocycles. The Labute approximate surface area is 292 Å². The molecule has 1 heterocycles. The number of esters is 1. The van der Waals surface area contributed by atoms with Crippen molar-refractivity contribution in [1.29, 1.82) is 0 Å². The van der Waals surface area contributed by atoms with E-state index in [0.29, 0.717) is 6.61 Å². The number of methoxy groups -OCH3 is 1. The highest BCUT2D eigenvalue weighted by molar-refractivity contribution is 5.70. The highest BCUT2D eigenvalue weighted by Gasteiger charge is 2.34. The molecule has 276 valence electrons. The molecular formula is C42H78O5. The molecule has 0 fully saturated rings. The molecule has 3 unspecified atom stereocenters. The van der Waals surface area contributed by atoms with Gasteiger partial charge in [0.05, 0.1) is 25.7 Å². The fourth-order valence-electron chi connectivity index (χ4n) is 6.36. The summed E-state index contributed by atoms with van der Waals surface area (Å²) < 4.78 is 24.2. The molecule has 1 aliphatic rings. The minimum absolute atomic E-state index is 0.114. The average molecular weight is 663 g/mol. The van der Waals surface area contributed by atoms with Crippen LogP contribution in [0.5, 0.6) is 11.5 Å². The van der Waals surface area contributed by atoms with Crippen molar-refractivity contribution < 1.29 is 23.7 Å². The van der Waals surface area contributed by atoms with Crippen molar-refractivity contribution in [2.45, 2.75) is 198 Å². The molecule has 3 atom stereocenters. The standard InChI is InChI=1S/C38H66O5.2C2H6/c1-27(2)16-13-17-28(3)18-14-19-29(4)20-15-22-38(11)23-21-32-31(6)35(30(5)24-33(32)42-38)43-37(9,10)26-41-36(7,8)25-34(39)40-12;2*1-2/h24,27-29H,13-23,25-26H2,1-12H3;2*1-2H3. The predicted molar refractivity (Wildman–Crippen MR) is 202 cm³/mol. The predicted octanol–water partition coefficient (Wildman–Crippen LogP) is 12.4. The molecule has 5 nitrogen and oxygen atoms in total. The number of aryl methyl sites for hydroxylation is 1. The molecule has 0 saturated carbocycles. The van der Waals surface area contributed by atoms with E-state index in [0.717, 1.165) is 59.6 Å². The SMILES string of the molecule is CC.CC.COC(=O)CC(C)(C)OCC(C)(C)Oc1c(C)cc2c(c1C)CCC(C)(CCCC(C)CCCC(C)CCCC(C)C)O2. The minimum atomic E-state index is -0.630. The van der Waals surface area contributed by atoms with Gasteiger partial charge in [-0.25, -0.2) is 0 Å². The van der Waals surface area contributed by atoms with Gasteiger partial charge in [0.1, 0.15) is 22.7 Å². The maximum Gasteiger partial charge on any atom is 0.308 e. The van der Waals surface area contributed by atoms with Crippen molar-refractivity contribution in [3.05, 3.63) is 22.8 Å². The van der Waals surface area contributed by atoms with Gasteiger partial charge in [-0.15, -0.1) is 0 Å². The second kappa shape index (κ2) is 22.1. The molecule has 47 heavy (non-hydrogen) atoms. The van der Waals surface area contributed by atoms with Crippen LogP contribution in [-0.2, 0) is 20.7 Å². The molecule has 0 aliphatic carbocycles. The van der Waals surface area contributed by atoms with Crippen molar-refractivity contribution in [1.82, 2.24) is 0 Å². The van der Waals surface area contributed by atoms with E-state index >= 15 is 0 Å². The van der Waals surface area contributed by atoms with Gasteiger partial charge in [0.25, 0.3) is 0 Å². The quantitative estimate of drug-likeness (QED) is 0.138. The van der Waals surface area contributed by atoms with Crippen LogP contribution in [0.1, 0.15) is 177 Å². The Morgan fingerprint density at radius 3 is 1.94 bits per heavy atom. The summed E-state index contributed by atoms with van der Waals surface area (Å²) in [5.74, 6) is 4.13. The van der Waals surface area contributed by atoms with Crippen LogP contribution in [0, 0.1) is 31.6 Å². The molecular weight excluding hydrogens is 584 g/mol. The summed E-state index contributed by atoms with van der Waals surface area (Å²) in [7, 11) is 1.40. The van der Waals surface area contributed by atoms with Gasteiger partial charge in [-0.3, -0.25) is 4.79 Å². The van der Waals surface area contributed by atoms with Gasteiger partial charge in [0.15, 0.2) is 0 Å². The Balaban J connectivity index is 0.00000508. The molecule has 0 amide bonds. The summed E-state index contributed by atoms with van der Waals surface area (Å²) in [5, 5.41) is 0. The molecule has 1 aromatic carbocycles. The van der Waals surface area contributed by atoms with E-state index in [1.54, 1.807) is 0 Å². The van der Waals surface area contributed by atoms with Crippen LogP contribution in [0.25, 0.3) is 0 Å². The van der Waals surface area contributed by atoms with E-state index in [2.05, 4.69) is 54.5 Å². The topological polar surface area (TPSA) is 54.0 Å². The summed E-state index contributed by atoms with van der Waals surface area (Å²) in [6.07, 6.45) is 14.1. The van der Waals surface area contributed by atoms with E-state index in [4.69, 9.17) is 18.9 Å². The first-order valence-corrected chi connectivity index (χ1v) is 19.2. The molecule has 5 heteroatoms. The van der Waals surface area contributed by atoms with Gasteiger partial charge in [-0.05, 0) is 109 Å². The van der Waals surface area contributed by atoms with E-state index in [1.807, 2.05) is 55.4 Å². The van der Waals surface area contributed by atoms with Gasteiger partial charge in [0.2, 0.25) is 0 Å². The lowest BCUT2D eigenvalue weighted by Crippen LogP contribution is -2.40. The summed E-state index contributed by atoms with van der Waals surface area (Å²) >= 11 is 0. The van der Waals surface area contributed by atoms with E-state index < -0.39 is 11.2 Å². The summed E-state index contributed by atoms with van der Waals surface area (Å²) in [4.78, 5) is 11.8. The van der Waals surface area contributed by atoms with Gasteiger partial charge in [-0.1, -0.05) is 100 Å². The lowest BCUT2D eigenvalue weighted by atomic mass is 9.84. The normalized spacial score (nSPS) is 17.3. The monoisotopic (exact) mass is 663 g/mol. The molecule has 1 aromatic rings. The number of benzene rings is 1. The number of carbonyl (C=O) groups is 1. The average Bonchev–Trinajstić information content (AvgIpc) is 3.00. The van der Waals surface area contributed by atoms with Crippen LogP contribution in [0.3, 0.4) is 0 Å². The highest BCUT2D eigenvalue weighted by Crippen LogP contribution is 2.43. The van der Waals surface area contributed by atoms with Crippen LogP contribution >= 0.6 is 0 Å². The summed E-state index contributed by atoms with van der Waals surface area (Å²) in [6, 6.07) is 2.16. The Bertz CT molecular complexity index is 1010. The van der Waals surface area contributed by atoms with Gasteiger partial charge in [-0.2, -0.15) is 0 Å². The third kappa shape index (κ3) is 17.5. The largest absolute Gasteiger partial charge is 0.487 e. The number of fused-ring (bicyclic) bond motifs is 1. The van der Waals surface area contributed by atoms with Gasteiger partial charge in [0, 0.05) is 5.56 Å². The van der Waals surface area contributed by atoms with E-state index in [9.17, 15) is 4.79 Å². The first-order chi connectivity index (χ1) is 22.0. The number of hydrogen-bond acceptors (Lipinski definition) is 5. The second-order valence-corrected chi connectivity index (χ2v) is 15.7. The first kappa shape index (κ1) is 45.2. The van der Waals surface area contributed by atoms with E-state index in [-0.39, 0.29) is 18.0 Å². The van der Waals surface area contributed by atoms with Crippen LogP contribution in [-0.4, -0.2) is 36.5 Å². The van der Waals surface area contributed by atoms with Gasteiger partial charge >= 0.3 is 5.97 Å². The van der Waals surface area contributed by atoms with Crippen molar-refractivity contribution in [3.63, 3.8) is 0 Å². The number of ether oxygens (including phenoxy) is 4. The van der Waals surface area contributed by atoms with Gasteiger partial charge < -0.3 is 18.9 Å². The smallest absolute Gasteiger partial charge is 0.308 e. The molecule has 0 radical (unpaired) electrons. The highest BCUT2D eigenvalue weighted by atomic mass is 16.6. The number of hydrogen-bond donors (Lipinski definition) is 0. The lowest BCUT2D eigenvalue weighted by molar-refractivity contribution is -0.150. The van der Waals surface area contributed by atoms with Crippen molar-refractivity contribution in [2.75, 3.05) is 13.7 Å². The maximum atomic E-state index is 11.8. The van der Waals surface area contributed by atoms with Crippen LogP contribution in [0.15, 0.2) is 6.07 Å². The molecule has 0 saturated heterocycles.